The summed E-state index contributed by atoms with van der Waals surface area (Å²) in [6.45, 7) is 1.66. The summed E-state index contributed by atoms with van der Waals surface area (Å²) in [6, 6.07) is 6.68. The van der Waals surface area contributed by atoms with E-state index in [4.69, 9.17) is 0 Å². The van der Waals surface area contributed by atoms with E-state index in [1.54, 1.807) is 12.1 Å². The average Bonchev–Trinajstić information content (AvgIpc) is 3.12. The van der Waals surface area contributed by atoms with Crippen LogP contribution in [0.3, 0.4) is 0 Å². The zero-order chi connectivity index (χ0) is 18.0. The summed E-state index contributed by atoms with van der Waals surface area (Å²) >= 11 is 0. The van der Waals surface area contributed by atoms with Gasteiger partial charge in [-0.05, 0) is 32.0 Å². The highest BCUT2D eigenvalue weighted by atomic mass is 19.4. The molecule has 0 unspecified atom stereocenters. The van der Waals surface area contributed by atoms with E-state index in [1.165, 1.54) is 37.9 Å². The number of rotatable bonds is 5. The average molecular weight is 351 g/mol. The van der Waals surface area contributed by atoms with E-state index in [0.29, 0.717) is 11.4 Å². The van der Waals surface area contributed by atoms with E-state index in [9.17, 15) is 13.2 Å². The predicted octanol–water partition coefficient (Wildman–Crippen LogP) is 4.56. The van der Waals surface area contributed by atoms with E-state index < -0.39 is 11.7 Å². The van der Waals surface area contributed by atoms with Crippen molar-refractivity contribution in [2.24, 2.45) is 0 Å². The Morgan fingerprint density at radius 1 is 1.08 bits per heavy atom. The molecule has 1 aliphatic carbocycles. The van der Waals surface area contributed by atoms with Gasteiger partial charge >= 0.3 is 6.18 Å². The lowest BCUT2D eigenvalue weighted by Crippen LogP contribution is -2.36. The number of para-hydroxylation sites is 1. The van der Waals surface area contributed by atoms with Crippen molar-refractivity contribution in [2.75, 3.05) is 32.1 Å². The molecule has 1 aromatic carbocycles. The Balaban J connectivity index is 1.80. The van der Waals surface area contributed by atoms with Crippen molar-refractivity contribution >= 4 is 16.6 Å². The number of aromatic nitrogens is 1. The van der Waals surface area contributed by atoms with Crippen LogP contribution in [0.2, 0.25) is 0 Å². The maximum atomic E-state index is 13.2. The number of anilines is 1. The number of likely N-dealkylation sites (N-methyl/N-ethyl adjacent to an activating group) is 2. The molecule has 0 saturated heterocycles. The van der Waals surface area contributed by atoms with Gasteiger partial charge in [-0.15, -0.1) is 0 Å². The summed E-state index contributed by atoms with van der Waals surface area (Å²) in [5, 5.41) is 0.545. The fourth-order valence-corrected chi connectivity index (χ4v) is 3.68. The SMILES string of the molecule is CN(CCN(C)C1CCCC1)c1ccnc2c(C(F)(F)F)cccc12. The molecule has 25 heavy (non-hydrogen) atoms. The van der Waals surface area contributed by atoms with Crippen LogP contribution in [-0.2, 0) is 6.18 Å². The van der Waals surface area contributed by atoms with Crippen LogP contribution in [0.15, 0.2) is 30.5 Å². The molecule has 0 spiro atoms. The second kappa shape index (κ2) is 7.20. The van der Waals surface area contributed by atoms with Gasteiger partial charge in [-0.1, -0.05) is 25.0 Å². The number of halogens is 3. The third kappa shape index (κ3) is 3.89. The number of benzene rings is 1. The van der Waals surface area contributed by atoms with Crippen LogP contribution in [0.25, 0.3) is 10.9 Å². The summed E-state index contributed by atoms with van der Waals surface area (Å²) in [4.78, 5) is 8.38. The number of nitrogens with zero attached hydrogens (tertiary/aromatic N) is 3. The fraction of sp³-hybridized carbons (Fsp3) is 0.526. The molecule has 0 radical (unpaired) electrons. The minimum atomic E-state index is -4.40. The predicted molar refractivity (Wildman–Crippen MR) is 94.9 cm³/mol. The Morgan fingerprint density at radius 3 is 2.48 bits per heavy atom. The molecule has 6 heteroatoms. The van der Waals surface area contributed by atoms with Crippen LogP contribution in [-0.4, -0.2) is 43.1 Å². The van der Waals surface area contributed by atoms with Gasteiger partial charge in [-0.3, -0.25) is 4.98 Å². The molecule has 1 saturated carbocycles. The first kappa shape index (κ1) is 18.0. The van der Waals surface area contributed by atoms with Gasteiger partial charge in [0, 0.05) is 43.4 Å². The molecular weight excluding hydrogens is 327 g/mol. The minimum Gasteiger partial charge on any atom is -0.373 e. The van der Waals surface area contributed by atoms with Crippen LogP contribution in [0.4, 0.5) is 18.9 Å². The normalized spacial score (nSPS) is 16.1. The summed E-state index contributed by atoms with van der Waals surface area (Å²) in [6.07, 6.45) is 2.14. The number of fused-ring (bicyclic) bond motifs is 1. The minimum absolute atomic E-state index is 0.0171. The maximum absolute atomic E-state index is 13.2. The van der Waals surface area contributed by atoms with E-state index in [-0.39, 0.29) is 5.52 Å². The molecule has 1 aromatic heterocycles. The monoisotopic (exact) mass is 351 g/mol. The van der Waals surface area contributed by atoms with Gasteiger partial charge in [-0.25, -0.2) is 0 Å². The van der Waals surface area contributed by atoms with Crippen LogP contribution in [0, 0.1) is 0 Å². The Bertz CT molecular complexity index is 723. The number of hydrogen-bond donors (Lipinski definition) is 0. The Morgan fingerprint density at radius 2 is 1.80 bits per heavy atom. The second-order valence-electron chi connectivity index (χ2n) is 6.87. The van der Waals surface area contributed by atoms with E-state index in [1.807, 2.05) is 11.9 Å². The van der Waals surface area contributed by atoms with Gasteiger partial charge in [0.25, 0.3) is 0 Å². The quantitative estimate of drug-likeness (QED) is 0.787. The van der Waals surface area contributed by atoms with Gasteiger partial charge in [0.2, 0.25) is 0 Å². The first-order chi connectivity index (χ1) is 11.9. The number of alkyl halides is 3. The Hall–Kier alpha value is -1.82. The lowest BCUT2D eigenvalue weighted by Gasteiger charge is -2.28. The van der Waals surface area contributed by atoms with Gasteiger partial charge in [0.15, 0.2) is 0 Å². The summed E-state index contributed by atoms with van der Waals surface area (Å²) in [5.74, 6) is 0. The van der Waals surface area contributed by atoms with Crippen LogP contribution in [0.1, 0.15) is 31.2 Å². The molecule has 1 heterocycles. The highest BCUT2D eigenvalue weighted by molar-refractivity contribution is 5.93. The third-order valence-electron chi connectivity index (χ3n) is 5.20. The summed E-state index contributed by atoms with van der Waals surface area (Å²) in [7, 11) is 4.06. The largest absolute Gasteiger partial charge is 0.418 e. The van der Waals surface area contributed by atoms with Crippen molar-refractivity contribution in [1.29, 1.82) is 0 Å². The first-order valence-electron chi connectivity index (χ1n) is 8.74. The van der Waals surface area contributed by atoms with Crippen LogP contribution in [0.5, 0.6) is 0 Å². The topological polar surface area (TPSA) is 19.4 Å². The molecule has 136 valence electrons. The highest BCUT2D eigenvalue weighted by Crippen LogP contribution is 2.36. The van der Waals surface area contributed by atoms with Crippen molar-refractivity contribution in [3.63, 3.8) is 0 Å². The van der Waals surface area contributed by atoms with Crippen LogP contribution < -0.4 is 4.90 Å². The Kier molecular flexibility index (Phi) is 5.18. The molecule has 0 N–H and O–H groups in total. The van der Waals surface area contributed by atoms with Crippen molar-refractivity contribution in [1.82, 2.24) is 9.88 Å². The van der Waals surface area contributed by atoms with Crippen LogP contribution >= 0.6 is 0 Å². The van der Waals surface area contributed by atoms with E-state index in [2.05, 4.69) is 16.9 Å². The molecule has 1 fully saturated rings. The van der Waals surface area contributed by atoms with Crippen molar-refractivity contribution in [3.05, 3.63) is 36.0 Å². The van der Waals surface area contributed by atoms with Crippen molar-refractivity contribution in [2.45, 2.75) is 37.9 Å². The molecule has 2 aromatic rings. The lowest BCUT2D eigenvalue weighted by molar-refractivity contribution is -0.136. The van der Waals surface area contributed by atoms with Crippen molar-refractivity contribution < 1.29 is 13.2 Å². The molecule has 0 amide bonds. The van der Waals surface area contributed by atoms with Gasteiger partial charge in [0.05, 0.1) is 11.1 Å². The molecule has 1 aliphatic rings. The molecule has 3 nitrogen and oxygen atoms in total. The van der Waals surface area contributed by atoms with E-state index in [0.717, 1.165) is 24.8 Å². The molecule has 3 rings (SSSR count). The zero-order valence-electron chi connectivity index (χ0n) is 14.7. The zero-order valence-corrected chi connectivity index (χ0v) is 14.7. The fourth-order valence-electron chi connectivity index (χ4n) is 3.68. The van der Waals surface area contributed by atoms with E-state index >= 15 is 0 Å². The number of pyridine rings is 1. The summed E-state index contributed by atoms with van der Waals surface area (Å²) < 4.78 is 39.7. The van der Waals surface area contributed by atoms with Gasteiger partial charge < -0.3 is 9.80 Å². The van der Waals surface area contributed by atoms with Gasteiger partial charge in [0.1, 0.15) is 0 Å². The molecule has 0 aliphatic heterocycles. The van der Waals surface area contributed by atoms with Crippen molar-refractivity contribution in [3.8, 4) is 0 Å². The molecular formula is C19H24F3N3. The maximum Gasteiger partial charge on any atom is 0.418 e. The Labute approximate surface area is 146 Å². The highest BCUT2D eigenvalue weighted by Gasteiger charge is 2.33. The standard InChI is InChI=1S/C19H24F3N3/c1-24(14-6-3-4-7-14)12-13-25(2)17-10-11-23-18-15(17)8-5-9-16(18)19(20,21)22/h5,8-11,14H,3-4,6-7,12-13H2,1-2H3. The van der Waals surface area contributed by atoms with Gasteiger partial charge in [-0.2, -0.15) is 13.2 Å². The molecule has 0 atom stereocenters. The lowest BCUT2D eigenvalue weighted by atomic mass is 10.1. The third-order valence-corrected chi connectivity index (χ3v) is 5.20. The second-order valence-corrected chi connectivity index (χ2v) is 6.87. The molecule has 0 bridgehead atoms. The first-order valence-corrected chi connectivity index (χ1v) is 8.74. The summed E-state index contributed by atoms with van der Waals surface area (Å²) in [5.41, 5.74) is 0.128. The smallest absolute Gasteiger partial charge is 0.373 e. The number of hydrogen-bond acceptors (Lipinski definition) is 3.